The van der Waals surface area contributed by atoms with Gasteiger partial charge in [0.05, 0.1) is 18.3 Å². The maximum atomic E-state index is 12.4. The number of aliphatic hydroxyl groups excluding tert-OH is 4. The molecule has 1 saturated heterocycles. The first-order chi connectivity index (χ1) is 15.4. The number of nitrogens with zero attached hydrogens (tertiary/aromatic N) is 2. The van der Waals surface area contributed by atoms with Crippen molar-refractivity contribution in [3.05, 3.63) is 29.1 Å². The van der Waals surface area contributed by atoms with Crippen molar-refractivity contribution in [3.63, 3.8) is 0 Å². The minimum Gasteiger partial charge on any atom is -0.478 e. The first-order valence-electron chi connectivity index (χ1n) is 10.5. The van der Waals surface area contributed by atoms with E-state index in [1.54, 1.807) is 13.8 Å². The Morgan fingerprint density at radius 1 is 1.24 bits per heavy atom. The van der Waals surface area contributed by atoms with Crippen molar-refractivity contribution in [3.8, 4) is 0 Å². The molecular formula is C21H29N3O9. The molecule has 12 nitrogen and oxygen atoms in total. The fourth-order valence-electron chi connectivity index (χ4n) is 3.56. The summed E-state index contributed by atoms with van der Waals surface area (Å²) in [5.74, 6) is -1.72. The van der Waals surface area contributed by atoms with Crippen molar-refractivity contribution in [1.82, 2.24) is 10.3 Å². The van der Waals surface area contributed by atoms with E-state index in [1.165, 1.54) is 12.3 Å². The number of carboxylic acids is 1. The first kappa shape index (κ1) is 25.1. The number of carbonyl (C=O) groups is 2. The number of hydrogen-bond donors (Lipinski definition) is 6. The van der Waals surface area contributed by atoms with E-state index in [0.29, 0.717) is 5.56 Å². The fraction of sp³-hybridized carbons (Fsp3) is 0.619. The average molecular weight is 467 g/mol. The van der Waals surface area contributed by atoms with Crippen molar-refractivity contribution in [2.45, 2.75) is 70.0 Å². The van der Waals surface area contributed by atoms with E-state index >= 15 is 0 Å². The van der Waals surface area contributed by atoms with Crippen LogP contribution in [0.5, 0.6) is 0 Å². The first-order valence-corrected chi connectivity index (χ1v) is 10.5. The third-order valence-electron chi connectivity index (χ3n) is 6.18. The lowest BCUT2D eigenvalue weighted by Crippen LogP contribution is -2.59. The Balaban J connectivity index is 1.86. The quantitative estimate of drug-likeness (QED) is 0.288. The standard InChI is InChI=1S/C21H29N3O9/c1-8(2)21(4)20(31)23-17(24-21)13-11(18(29)30)5-10(6-22-13)9(3)32-19-16(28)15(27)14(26)12(7-25)33-19/h5-6,8-9,12,14-16,19,25-28H,7H2,1-4H3,(H,29,30)(H,23,24,31)/t9?,12-,14-,15+,16-,19+,21?/m1/s1. The van der Waals surface area contributed by atoms with Crippen LogP contribution in [0.1, 0.15) is 55.4 Å². The summed E-state index contributed by atoms with van der Waals surface area (Å²) in [7, 11) is 0. The number of aliphatic imine (C=N–C) groups is 1. The van der Waals surface area contributed by atoms with Gasteiger partial charge in [0, 0.05) is 6.20 Å². The van der Waals surface area contributed by atoms with Crippen molar-refractivity contribution in [2.24, 2.45) is 10.9 Å². The highest BCUT2D eigenvalue weighted by Crippen LogP contribution is 2.30. The monoisotopic (exact) mass is 467 g/mol. The van der Waals surface area contributed by atoms with Gasteiger partial charge in [-0.15, -0.1) is 0 Å². The van der Waals surface area contributed by atoms with Gasteiger partial charge in [-0.05, 0) is 31.4 Å². The Morgan fingerprint density at radius 2 is 1.91 bits per heavy atom. The lowest BCUT2D eigenvalue weighted by atomic mass is 9.89. The molecule has 3 heterocycles. The molecule has 182 valence electrons. The zero-order valence-electron chi connectivity index (χ0n) is 18.7. The van der Waals surface area contributed by atoms with E-state index < -0.39 is 54.9 Å². The largest absolute Gasteiger partial charge is 0.478 e. The number of ether oxygens (including phenoxy) is 2. The predicted molar refractivity (Wildman–Crippen MR) is 112 cm³/mol. The number of amides is 1. The van der Waals surface area contributed by atoms with Gasteiger partial charge in [-0.2, -0.15) is 0 Å². The summed E-state index contributed by atoms with van der Waals surface area (Å²) in [6.07, 6.45) is -6.79. The second-order valence-corrected chi connectivity index (χ2v) is 8.66. The van der Waals surface area contributed by atoms with Crippen molar-refractivity contribution >= 4 is 17.7 Å². The van der Waals surface area contributed by atoms with E-state index in [0.717, 1.165) is 0 Å². The summed E-state index contributed by atoms with van der Waals surface area (Å²) in [5.41, 5.74) is -0.970. The summed E-state index contributed by atoms with van der Waals surface area (Å²) >= 11 is 0. The molecule has 33 heavy (non-hydrogen) atoms. The van der Waals surface area contributed by atoms with Crippen LogP contribution in [-0.4, -0.2) is 91.1 Å². The Morgan fingerprint density at radius 3 is 2.45 bits per heavy atom. The van der Waals surface area contributed by atoms with Gasteiger partial charge in [0.25, 0.3) is 5.91 Å². The molecule has 2 aliphatic heterocycles. The number of carbonyl (C=O) groups excluding carboxylic acids is 1. The molecule has 0 bridgehead atoms. The zero-order chi connectivity index (χ0) is 24.7. The number of nitrogens with one attached hydrogen (secondary N) is 1. The SMILES string of the molecule is CC(O[C@H]1O[C@H](CO)[C@@H](O)[C@H](O)[C@H]1O)c1cnc(C2=NC(C)(C(C)C)C(=O)N2)c(C(=O)O)c1. The van der Waals surface area contributed by atoms with Gasteiger partial charge in [0.1, 0.15) is 35.6 Å². The van der Waals surface area contributed by atoms with Crippen LogP contribution in [0.4, 0.5) is 0 Å². The molecule has 3 rings (SSSR count). The molecule has 2 unspecified atom stereocenters. The molecule has 0 aliphatic carbocycles. The van der Waals surface area contributed by atoms with Gasteiger partial charge in [-0.3, -0.25) is 9.78 Å². The lowest BCUT2D eigenvalue weighted by molar-refractivity contribution is -0.311. The highest BCUT2D eigenvalue weighted by atomic mass is 16.7. The van der Waals surface area contributed by atoms with Gasteiger partial charge in [-0.1, -0.05) is 13.8 Å². The van der Waals surface area contributed by atoms with Gasteiger partial charge in [-0.25, -0.2) is 9.79 Å². The fourth-order valence-corrected chi connectivity index (χ4v) is 3.56. The van der Waals surface area contributed by atoms with Crippen LogP contribution in [0, 0.1) is 5.92 Å². The number of amidine groups is 1. The summed E-state index contributed by atoms with van der Waals surface area (Å²) < 4.78 is 11.0. The maximum Gasteiger partial charge on any atom is 0.338 e. The zero-order valence-corrected chi connectivity index (χ0v) is 18.7. The molecule has 0 radical (unpaired) electrons. The van der Waals surface area contributed by atoms with E-state index in [9.17, 15) is 35.1 Å². The van der Waals surface area contributed by atoms with Crippen LogP contribution in [0.25, 0.3) is 0 Å². The summed E-state index contributed by atoms with van der Waals surface area (Å²) in [4.78, 5) is 32.9. The number of carboxylic acid groups (broad SMARTS) is 1. The van der Waals surface area contributed by atoms with Crippen molar-refractivity contribution in [1.29, 1.82) is 0 Å². The van der Waals surface area contributed by atoms with Crippen LogP contribution in [-0.2, 0) is 14.3 Å². The molecule has 12 heteroatoms. The third kappa shape index (κ3) is 4.63. The predicted octanol–water partition coefficient (Wildman–Crippen LogP) is -1.05. The topological polar surface area (TPSA) is 191 Å². The maximum absolute atomic E-state index is 12.4. The van der Waals surface area contributed by atoms with Crippen LogP contribution < -0.4 is 5.32 Å². The number of pyridine rings is 1. The Labute approximate surface area is 189 Å². The molecule has 6 N–H and O–H groups in total. The van der Waals surface area contributed by atoms with Crippen LogP contribution in [0.15, 0.2) is 17.3 Å². The summed E-state index contributed by atoms with van der Waals surface area (Å²) in [5, 5.41) is 51.6. The van der Waals surface area contributed by atoms with Crippen molar-refractivity contribution < 1.29 is 44.6 Å². The number of aliphatic hydroxyl groups is 4. The third-order valence-corrected chi connectivity index (χ3v) is 6.18. The molecule has 0 saturated carbocycles. The molecule has 1 fully saturated rings. The average Bonchev–Trinajstić information content (AvgIpc) is 3.09. The van der Waals surface area contributed by atoms with Gasteiger partial charge in [0.2, 0.25) is 0 Å². The normalized spacial score (nSPS) is 33.1. The molecule has 0 aromatic carbocycles. The highest BCUT2D eigenvalue weighted by Gasteiger charge is 2.45. The molecule has 1 aromatic heterocycles. The molecule has 7 atom stereocenters. The number of aromatic carboxylic acids is 1. The minimum absolute atomic E-state index is 0.0102. The van der Waals surface area contributed by atoms with Gasteiger partial charge < -0.3 is 40.3 Å². The van der Waals surface area contributed by atoms with Gasteiger partial charge in [0.15, 0.2) is 12.1 Å². The van der Waals surface area contributed by atoms with E-state index in [1.807, 2.05) is 13.8 Å². The Kier molecular flexibility index (Phi) is 7.17. The van der Waals surface area contributed by atoms with E-state index in [2.05, 4.69) is 15.3 Å². The summed E-state index contributed by atoms with van der Waals surface area (Å²) in [6.45, 7) is 6.26. The van der Waals surface area contributed by atoms with E-state index in [-0.39, 0.29) is 28.9 Å². The minimum atomic E-state index is -1.61. The van der Waals surface area contributed by atoms with Crippen LogP contribution in [0.3, 0.4) is 0 Å². The highest BCUT2D eigenvalue weighted by molar-refractivity contribution is 6.17. The number of hydrogen-bond acceptors (Lipinski definition) is 10. The summed E-state index contributed by atoms with van der Waals surface area (Å²) in [6, 6.07) is 1.30. The van der Waals surface area contributed by atoms with Gasteiger partial charge >= 0.3 is 5.97 Å². The molecule has 1 aromatic rings. The molecular weight excluding hydrogens is 438 g/mol. The molecule has 2 aliphatic rings. The van der Waals surface area contributed by atoms with Crippen LogP contribution in [0.2, 0.25) is 0 Å². The lowest BCUT2D eigenvalue weighted by Gasteiger charge is -2.40. The molecule has 1 amide bonds. The second-order valence-electron chi connectivity index (χ2n) is 8.66. The molecule has 0 spiro atoms. The second kappa shape index (κ2) is 9.41. The smallest absolute Gasteiger partial charge is 0.338 e. The van der Waals surface area contributed by atoms with E-state index in [4.69, 9.17) is 9.47 Å². The number of rotatable bonds is 7. The Hall–Kier alpha value is -2.48. The number of aromatic nitrogens is 1. The van der Waals surface area contributed by atoms with Crippen LogP contribution >= 0.6 is 0 Å². The Bertz CT molecular complexity index is 951. The van der Waals surface area contributed by atoms with Crippen molar-refractivity contribution in [2.75, 3.05) is 6.61 Å².